The Hall–Kier alpha value is -1.35. The molecule has 3 heteroatoms. The summed E-state index contributed by atoms with van der Waals surface area (Å²) < 4.78 is 0. The molecule has 0 bridgehead atoms. The zero-order valence-corrected chi connectivity index (χ0v) is 12.3. The molecule has 1 aromatic rings. The monoisotopic (exact) mass is 274 g/mol. The Morgan fingerprint density at radius 2 is 2.00 bits per heavy atom. The zero-order valence-electron chi connectivity index (χ0n) is 12.3. The van der Waals surface area contributed by atoms with Crippen molar-refractivity contribution in [2.24, 2.45) is 11.7 Å². The molecule has 1 fully saturated rings. The first-order chi connectivity index (χ1) is 9.65. The van der Waals surface area contributed by atoms with E-state index in [1.165, 1.54) is 19.3 Å². The molecule has 3 nitrogen and oxygen atoms in total. The van der Waals surface area contributed by atoms with Crippen molar-refractivity contribution in [2.75, 3.05) is 0 Å². The Labute approximate surface area is 121 Å². The lowest BCUT2D eigenvalue weighted by Crippen LogP contribution is -2.36. The average molecular weight is 274 g/mol. The van der Waals surface area contributed by atoms with Gasteiger partial charge in [0.15, 0.2) is 0 Å². The van der Waals surface area contributed by atoms with Gasteiger partial charge in [0.2, 0.25) is 5.91 Å². The lowest BCUT2D eigenvalue weighted by Gasteiger charge is -2.18. The second-order valence-electron chi connectivity index (χ2n) is 6.10. The fraction of sp³-hybridized carbons (Fsp3) is 0.588. The minimum absolute atomic E-state index is 0.0842. The Morgan fingerprint density at radius 3 is 2.75 bits per heavy atom. The van der Waals surface area contributed by atoms with Crippen LogP contribution in [0.1, 0.15) is 57.1 Å². The van der Waals surface area contributed by atoms with Gasteiger partial charge < -0.3 is 11.1 Å². The molecule has 1 aliphatic carbocycles. The Balaban J connectivity index is 1.80. The van der Waals surface area contributed by atoms with Gasteiger partial charge in [-0.3, -0.25) is 4.79 Å². The highest BCUT2D eigenvalue weighted by Gasteiger charge is 2.19. The summed E-state index contributed by atoms with van der Waals surface area (Å²) in [4.78, 5) is 12.1. The molecule has 110 valence electrons. The van der Waals surface area contributed by atoms with Crippen LogP contribution >= 0.6 is 0 Å². The van der Waals surface area contributed by atoms with Gasteiger partial charge in [-0.1, -0.05) is 50.1 Å². The molecule has 1 amide bonds. The van der Waals surface area contributed by atoms with Crippen LogP contribution < -0.4 is 11.1 Å². The van der Waals surface area contributed by atoms with Crippen LogP contribution in [-0.2, 0) is 4.79 Å². The predicted molar refractivity (Wildman–Crippen MR) is 82.2 cm³/mol. The molecule has 0 aliphatic heterocycles. The molecular weight excluding hydrogens is 248 g/mol. The summed E-state index contributed by atoms with van der Waals surface area (Å²) in [5.41, 5.74) is 7.12. The summed E-state index contributed by atoms with van der Waals surface area (Å²) in [6, 6.07) is 9.97. The summed E-state index contributed by atoms with van der Waals surface area (Å²) in [6.07, 6.45) is 6.31. The van der Waals surface area contributed by atoms with Gasteiger partial charge in [0.05, 0.1) is 0 Å². The lowest BCUT2D eigenvalue weighted by molar-refractivity contribution is -0.122. The number of hydrogen-bond donors (Lipinski definition) is 2. The minimum atomic E-state index is -0.207. The smallest absolute Gasteiger partial charge is 0.222 e. The van der Waals surface area contributed by atoms with Gasteiger partial charge in [0, 0.05) is 18.5 Å². The molecule has 2 rings (SSSR count). The number of nitrogens with one attached hydrogen (secondary N) is 1. The highest BCUT2D eigenvalue weighted by molar-refractivity contribution is 5.77. The summed E-state index contributed by atoms with van der Waals surface area (Å²) >= 11 is 0. The topological polar surface area (TPSA) is 55.1 Å². The highest BCUT2D eigenvalue weighted by atomic mass is 16.1. The second-order valence-corrected chi connectivity index (χ2v) is 6.10. The van der Waals surface area contributed by atoms with Crippen molar-refractivity contribution in [1.29, 1.82) is 0 Å². The molecule has 0 heterocycles. The fourth-order valence-electron chi connectivity index (χ4n) is 2.94. The van der Waals surface area contributed by atoms with Gasteiger partial charge in [-0.25, -0.2) is 0 Å². The van der Waals surface area contributed by atoms with Crippen LogP contribution in [0, 0.1) is 5.92 Å². The van der Waals surface area contributed by atoms with Crippen LogP contribution in [-0.4, -0.2) is 11.9 Å². The van der Waals surface area contributed by atoms with E-state index >= 15 is 0 Å². The van der Waals surface area contributed by atoms with Gasteiger partial charge in [-0.05, 0) is 30.7 Å². The molecule has 1 saturated carbocycles. The third-order valence-corrected chi connectivity index (χ3v) is 4.26. The lowest BCUT2D eigenvalue weighted by atomic mass is 10.0. The highest BCUT2D eigenvalue weighted by Crippen LogP contribution is 2.23. The van der Waals surface area contributed by atoms with Gasteiger partial charge in [-0.15, -0.1) is 0 Å². The maximum absolute atomic E-state index is 12.1. The van der Waals surface area contributed by atoms with Crippen molar-refractivity contribution in [3.05, 3.63) is 35.9 Å². The van der Waals surface area contributed by atoms with E-state index in [0.717, 1.165) is 24.3 Å². The molecule has 3 N–H and O–H groups in total. The van der Waals surface area contributed by atoms with Crippen LogP contribution in [0.4, 0.5) is 0 Å². The van der Waals surface area contributed by atoms with Crippen LogP contribution in [0.3, 0.4) is 0 Å². The molecule has 0 radical (unpaired) electrons. The second kappa shape index (κ2) is 7.44. The van der Waals surface area contributed by atoms with E-state index in [9.17, 15) is 4.79 Å². The number of carbonyl (C=O) groups excluding carboxylic acids is 1. The number of nitrogens with two attached hydrogens (primary N) is 1. The number of hydrogen-bond acceptors (Lipinski definition) is 2. The first-order valence-corrected chi connectivity index (χ1v) is 7.75. The molecule has 1 aromatic carbocycles. The summed E-state index contributed by atoms with van der Waals surface area (Å²) in [5, 5.41) is 3.16. The fourth-order valence-corrected chi connectivity index (χ4v) is 2.94. The largest absolute Gasteiger partial charge is 0.353 e. The number of carbonyl (C=O) groups is 1. The maximum atomic E-state index is 12.1. The predicted octanol–water partition coefficient (Wildman–Crippen LogP) is 3.16. The van der Waals surface area contributed by atoms with Crippen molar-refractivity contribution in [2.45, 2.75) is 57.5 Å². The third-order valence-electron chi connectivity index (χ3n) is 4.26. The number of amides is 1. The maximum Gasteiger partial charge on any atom is 0.222 e. The van der Waals surface area contributed by atoms with Crippen LogP contribution in [0.2, 0.25) is 0 Å². The van der Waals surface area contributed by atoms with Gasteiger partial charge in [-0.2, -0.15) is 0 Å². The van der Waals surface area contributed by atoms with Crippen molar-refractivity contribution in [1.82, 2.24) is 5.32 Å². The van der Waals surface area contributed by atoms with E-state index in [2.05, 4.69) is 12.2 Å². The van der Waals surface area contributed by atoms with E-state index < -0.39 is 0 Å². The number of rotatable bonds is 4. The minimum Gasteiger partial charge on any atom is -0.353 e. The van der Waals surface area contributed by atoms with Gasteiger partial charge >= 0.3 is 0 Å². The summed E-state index contributed by atoms with van der Waals surface area (Å²) in [5.74, 6) is 0.879. The molecule has 1 aliphatic rings. The first-order valence-electron chi connectivity index (χ1n) is 7.75. The Bertz CT molecular complexity index is 418. The zero-order chi connectivity index (χ0) is 14.4. The summed E-state index contributed by atoms with van der Waals surface area (Å²) in [6.45, 7) is 2.30. The van der Waals surface area contributed by atoms with Crippen LogP contribution in [0.15, 0.2) is 30.3 Å². The molecule has 20 heavy (non-hydrogen) atoms. The van der Waals surface area contributed by atoms with Gasteiger partial charge in [0.25, 0.3) is 0 Å². The van der Waals surface area contributed by atoms with Crippen molar-refractivity contribution in [3.8, 4) is 0 Å². The van der Waals surface area contributed by atoms with Crippen molar-refractivity contribution >= 4 is 5.91 Å². The molecule has 0 spiro atoms. The van der Waals surface area contributed by atoms with Gasteiger partial charge in [0.1, 0.15) is 0 Å². The average Bonchev–Trinajstić information content (AvgIpc) is 2.64. The Kier molecular flexibility index (Phi) is 5.60. The quantitative estimate of drug-likeness (QED) is 0.829. The molecular formula is C17H26N2O. The van der Waals surface area contributed by atoms with E-state index in [1.807, 2.05) is 30.3 Å². The van der Waals surface area contributed by atoms with Crippen molar-refractivity contribution < 1.29 is 4.79 Å². The molecule has 0 aromatic heterocycles. The first kappa shape index (κ1) is 15.0. The Morgan fingerprint density at radius 1 is 1.25 bits per heavy atom. The van der Waals surface area contributed by atoms with E-state index in [0.29, 0.717) is 12.5 Å². The van der Waals surface area contributed by atoms with Crippen molar-refractivity contribution in [3.63, 3.8) is 0 Å². The van der Waals surface area contributed by atoms with E-state index in [1.54, 1.807) is 0 Å². The standard InChI is InChI=1S/C17H26N2O/c1-13-6-5-9-15(11-10-13)19-17(20)12-16(18)14-7-3-2-4-8-14/h2-4,7-8,13,15-16H,5-6,9-12,18H2,1H3,(H,19,20). The SMILES string of the molecule is CC1CCCC(NC(=O)CC(N)c2ccccc2)CC1. The normalized spacial score (nSPS) is 24.7. The third kappa shape index (κ3) is 4.64. The molecule has 3 unspecified atom stereocenters. The number of benzene rings is 1. The van der Waals surface area contributed by atoms with E-state index in [4.69, 9.17) is 5.73 Å². The van der Waals surface area contributed by atoms with Crippen LogP contribution in [0.5, 0.6) is 0 Å². The van der Waals surface area contributed by atoms with E-state index in [-0.39, 0.29) is 11.9 Å². The summed E-state index contributed by atoms with van der Waals surface area (Å²) in [7, 11) is 0. The molecule has 0 saturated heterocycles. The van der Waals surface area contributed by atoms with Crippen LogP contribution in [0.25, 0.3) is 0 Å². The molecule has 3 atom stereocenters.